The lowest BCUT2D eigenvalue weighted by atomic mass is 10.1. The Balaban J connectivity index is 2.31. The molecule has 106 valence electrons. The summed E-state index contributed by atoms with van der Waals surface area (Å²) in [6.45, 7) is 0. The molecule has 1 aliphatic carbocycles. The summed E-state index contributed by atoms with van der Waals surface area (Å²) in [5.41, 5.74) is 0.355. The Labute approximate surface area is 119 Å². The molecule has 0 aromatic heterocycles. The van der Waals surface area contributed by atoms with Crippen molar-refractivity contribution in [2.75, 3.05) is 5.32 Å². The zero-order valence-electron chi connectivity index (χ0n) is 10.7. The van der Waals surface area contributed by atoms with E-state index in [1.165, 1.54) is 24.4 Å². The molecular weight excluding hydrogens is 274 g/mol. The number of ketones is 1. The Morgan fingerprint density at radius 2 is 1.52 bits per heavy atom. The molecule has 1 aromatic rings. The Morgan fingerprint density at radius 1 is 0.952 bits per heavy atom. The summed E-state index contributed by atoms with van der Waals surface area (Å²) in [6.07, 6.45) is 7.67. The summed E-state index contributed by atoms with van der Waals surface area (Å²) >= 11 is 0. The van der Waals surface area contributed by atoms with E-state index >= 15 is 0 Å². The van der Waals surface area contributed by atoms with Crippen molar-refractivity contribution in [1.82, 2.24) is 0 Å². The van der Waals surface area contributed by atoms with E-state index in [4.69, 9.17) is 10.2 Å². The van der Waals surface area contributed by atoms with Gasteiger partial charge in [-0.2, -0.15) is 0 Å². The third-order valence-electron chi connectivity index (χ3n) is 2.74. The summed E-state index contributed by atoms with van der Waals surface area (Å²) in [4.78, 5) is 33.5. The molecule has 3 N–H and O–H groups in total. The fraction of sp³-hybridized carbons (Fsp3) is 0. The molecule has 0 saturated heterocycles. The normalized spacial score (nSPS) is 15.2. The first-order chi connectivity index (χ1) is 9.97. The van der Waals surface area contributed by atoms with E-state index < -0.39 is 11.9 Å². The third-order valence-corrected chi connectivity index (χ3v) is 2.74. The third kappa shape index (κ3) is 3.44. The molecule has 21 heavy (non-hydrogen) atoms. The highest BCUT2D eigenvalue weighted by atomic mass is 16.4. The summed E-state index contributed by atoms with van der Waals surface area (Å²) < 4.78 is 0. The van der Waals surface area contributed by atoms with Gasteiger partial charge in [0.25, 0.3) is 0 Å². The summed E-state index contributed by atoms with van der Waals surface area (Å²) in [7, 11) is 0. The number of carboxylic acid groups (broad SMARTS) is 2. The molecule has 0 atom stereocenters. The predicted octanol–water partition coefficient (Wildman–Crippen LogP) is 2.07. The van der Waals surface area contributed by atoms with Gasteiger partial charge in [-0.05, 0) is 30.4 Å². The first kappa shape index (κ1) is 14.3. The highest BCUT2D eigenvalue weighted by Crippen LogP contribution is 2.17. The minimum absolute atomic E-state index is 0.152. The zero-order chi connectivity index (χ0) is 15.4. The van der Waals surface area contributed by atoms with E-state index in [-0.39, 0.29) is 22.6 Å². The molecule has 1 aliphatic rings. The highest BCUT2D eigenvalue weighted by Gasteiger charge is 2.11. The number of hydrogen-bond acceptors (Lipinski definition) is 4. The molecule has 0 heterocycles. The van der Waals surface area contributed by atoms with Crippen molar-refractivity contribution < 1.29 is 24.6 Å². The number of aromatic carboxylic acids is 2. The second-order valence-corrected chi connectivity index (χ2v) is 4.24. The van der Waals surface area contributed by atoms with E-state index in [9.17, 15) is 14.4 Å². The topological polar surface area (TPSA) is 104 Å². The smallest absolute Gasteiger partial charge is 0.335 e. The Kier molecular flexibility index (Phi) is 3.99. The van der Waals surface area contributed by atoms with Gasteiger partial charge in [0, 0.05) is 17.5 Å². The lowest BCUT2D eigenvalue weighted by Gasteiger charge is -2.07. The van der Waals surface area contributed by atoms with Crippen LogP contribution in [0.15, 0.2) is 54.3 Å². The van der Waals surface area contributed by atoms with Crippen LogP contribution in [0.3, 0.4) is 0 Å². The molecule has 0 saturated carbocycles. The molecule has 0 fully saturated rings. The number of nitrogens with one attached hydrogen (secondary N) is 1. The van der Waals surface area contributed by atoms with Crippen LogP contribution in [-0.2, 0) is 4.79 Å². The van der Waals surface area contributed by atoms with Crippen molar-refractivity contribution in [2.24, 2.45) is 0 Å². The lowest BCUT2D eigenvalue weighted by molar-refractivity contribution is -0.111. The fourth-order valence-corrected chi connectivity index (χ4v) is 1.72. The van der Waals surface area contributed by atoms with Crippen LogP contribution in [0.5, 0.6) is 0 Å². The average molecular weight is 285 g/mol. The van der Waals surface area contributed by atoms with Crippen LogP contribution in [-0.4, -0.2) is 27.9 Å². The van der Waals surface area contributed by atoms with Crippen LogP contribution in [0.4, 0.5) is 5.69 Å². The van der Waals surface area contributed by atoms with Gasteiger partial charge in [-0.1, -0.05) is 12.2 Å². The first-order valence-electron chi connectivity index (χ1n) is 5.95. The molecule has 6 nitrogen and oxygen atoms in total. The number of rotatable bonds is 4. The monoisotopic (exact) mass is 285 g/mol. The van der Waals surface area contributed by atoms with Gasteiger partial charge in [0.1, 0.15) is 0 Å². The Morgan fingerprint density at radius 3 is 2.05 bits per heavy atom. The van der Waals surface area contributed by atoms with Gasteiger partial charge in [0.15, 0.2) is 5.78 Å². The van der Waals surface area contributed by atoms with Crippen molar-refractivity contribution >= 4 is 23.4 Å². The average Bonchev–Trinajstić information content (AvgIpc) is 2.46. The summed E-state index contributed by atoms with van der Waals surface area (Å²) in [5.74, 6) is -2.66. The number of carbonyl (C=O) groups is 3. The van der Waals surface area contributed by atoms with E-state index in [1.807, 2.05) is 0 Å². The van der Waals surface area contributed by atoms with Crippen LogP contribution in [0.1, 0.15) is 20.7 Å². The SMILES string of the molecule is O=C1C=CC=C/C1=C\Nc1cc(C(=O)O)cc(C(=O)O)c1. The molecule has 0 amide bonds. The summed E-state index contributed by atoms with van der Waals surface area (Å²) in [5, 5.41) is 20.7. The Bertz CT molecular complexity index is 681. The van der Waals surface area contributed by atoms with E-state index in [2.05, 4.69) is 5.32 Å². The summed E-state index contributed by atoms with van der Waals surface area (Å²) in [6, 6.07) is 3.65. The maximum Gasteiger partial charge on any atom is 0.335 e. The van der Waals surface area contributed by atoms with Gasteiger partial charge < -0.3 is 15.5 Å². The minimum atomic E-state index is -1.23. The van der Waals surface area contributed by atoms with Crippen molar-refractivity contribution in [3.63, 3.8) is 0 Å². The van der Waals surface area contributed by atoms with E-state index in [1.54, 1.807) is 18.2 Å². The second-order valence-electron chi connectivity index (χ2n) is 4.24. The quantitative estimate of drug-likeness (QED) is 0.732. The standard InChI is InChI=1S/C15H11NO5/c17-13-4-2-1-3-9(13)8-16-12-6-10(14(18)19)5-11(7-12)15(20)21/h1-8,16H,(H,18,19)(H,20,21)/b9-8+. The zero-order valence-corrected chi connectivity index (χ0v) is 10.7. The molecule has 0 spiro atoms. The number of hydrogen-bond donors (Lipinski definition) is 3. The molecular formula is C15H11NO5. The molecule has 0 unspecified atom stereocenters. The van der Waals surface area contributed by atoms with Crippen LogP contribution >= 0.6 is 0 Å². The van der Waals surface area contributed by atoms with Gasteiger partial charge in [-0.15, -0.1) is 0 Å². The van der Waals surface area contributed by atoms with Gasteiger partial charge in [-0.3, -0.25) is 4.79 Å². The molecule has 6 heteroatoms. The van der Waals surface area contributed by atoms with Crippen LogP contribution < -0.4 is 5.32 Å². The van der Waals surface area contributed by atoms with Crippen molar-refractivity contribution in [3.05, 3.63) is 65.4 Å². The number of carbonyl (C=O) groups excluding carboxylic acids is 1. The molecule has 0 aliphatic heterocycles. The predicted molar refractivity (Wildman–Crippen MR) is 75.4 cm³/mol. The number of carboxylic acids is 2. The molecule has 0 bridgehead atoms. The van der Waals surface area contributed by atoms with Crippen LogP contribution in [0.2, 0.25) is 0 Å². The fourth-order valence-electron chi connectivity index (χ4n) is 1.72. The highest BCUT2D eigenvalue weighted by molar-refractivity contribution is 6.07. The van der Waals surface area contributed by atoms with Gasteiger partial charge in [-0.25, -0.2) is 9.59 Å². The number of benzene rings is 1. The molecule has 0 radical (unpaired) electrons. The van der Waals surface area contributed by atoms with Crippen LogP contribution in [0.25, 0.3) is 0 Å². The maximum atomic E-state index is 11.5. The van der Waals surface area contributed by atoms with Crippen LogP contribution in [0, 0.1) is 0 Å². The van der Waals surface area contributed by atoms with E-state index in [0.717, 1.165) is 6.07 Å². The molecule has 2 rings (SSSR count). The van der Waals surface area contributed by atoms with E-state index in [0.29, 0.717) is 5.57 Å². The van der Waals surface area contributed by atoms with Crippen molar-refractivity contribution in [1.29, 1.82) is 0 Å². The first-order valence-corrected chi connectivity index (χ1v) is 5.95. The van der Waals surface area contributed by atoms with Crippen molar-refractivity contribution in [3.8, 4) is 0 Å². The maximum absolute atomic E-state index is 11.5. The van der Waals surface area contributed by atoms with Gasteiger partial charge >= 0.3 is 11.9 Å². The van der Waals surface area contributed by atoms with Gasteiger partial charge in [0.2, 0.25) is 0 Å². The minimum Gasteiger partial charge on any atom is -0.478 e. The lowest BCUT2D eigenvalue weighted by Crippen LogP contribution is -2.05. The number of allylic oxidation sites excluding steroid dienone is 5. The Hall–Kier alpha value is -3.15. The van der Waals surface area contributed by atoms with Crippen molar-refractivity contribution in [2.45, 2.75) is 0 Å². The molecule has 1 aromatic carbocycles. The number of anilines is 1. The van der Waals surface area contributed by atoms with Gasteiger partial charge in [0.05, 0.1) is 11.1 Å². The largest absolute Gasteiger partial charge is 0.478 e. The second kappa shape index (κ2) is 5.87.